The van der Waals surface area contributed by atoms with Crippen LogP contribution in [-0.4, -0.2) is 0 Å². The number of rotatable bonds is 3. The maximum absolute atomic E-state index is 3.22. The molecule has 0 radical (unpaired) electrons. The molecule has 3 rings (SSSR count). The number of aryl methyl sites for hydroxylation is 1. The van der Waals surface area contributed by atoms with Gasteiger partial charge in [-0.05, 0) is 36.1 Å². The van der Waals surface area contributed by atoms with Gasteiger partial charge >= 0.3 is 0 Å². The third-order valence-corrected chi connectivity index (χ3v) is 4.15. The van der Waals surface area contributed by atoms with Crippen molar-refractivity contribution in [3.8, 4) is 0 Å². The van der Waals surface area contributed by atoms with Crippen molar-refractivity contribution in [1.29, 1.82) is 0 Å². The van der Waals surface area contributed by atoms with Crippen LogP contribution in [0.2, 0.25) is 0 Å². The molecule has 1 aliphatic carbocycles. The minimum atomic E-state index is 0.267. The number of hydrogen-bond acceptors (Lipinski definition) is 0. The lowest BCUT2D eigenvalue weighted by atomic mass is 9.81. The summed E-state index contributed by atoms with van der Waals surface area (Å²) in [5.74, 6) is 0.267. The molecule has 0 aliphatic heterocycles. The van der Waals surface area contributed by atoms with Gasteiger partial charge in [0.15, 0.2) is 0 Å². The van der Waals surface area contributed by atoms with Crippen molar-refractivity contribution in [2.45, 2.75) is 19.8 Å². The van der Waals surface area contributed by atoms with Gasteiger partial charge in [0.25, 0.3) is 0 Å². The van der Waals surface area contributed by atoms with E-state index in [2.05, 4.69) is 86.7 Å². The van der Waals surface area contributed by atoms with E-state index in [0.29, 0.717) is 0 Å². The first kappa shape index (κ1) is 13.5. The summed E-state index contributed by atoms with van der Waals surface area (Å²) in [6, 6.07) is 17.3. The largest absolute Gasteiger partial charge is 0.107 e. The zero-order valence-corrected chi connectivity index (χ0v) is 12.5. The van der Waals surface area contributed by atoms with Gasteiger partial charge < -0.3 is 0 Å². The quantitative estimate of drug-likeness (QED) is 0.665. The first-order valence-corrected chi connectivity index (χ1v) is 7.34. The molecule has 21 heavy (non-hydrogen) atoms. The van der Waals surface area contributed by atoms with Gasteiger partial charge in [0.2, 0.25) is 0 Å². The van der Waals surface area contributed by atoms with E-state index in [0.717, 1.165) is 0 Å². The summed E-state index contributed by atoms with van der Waals surface area (Å²) in [4.78, 5) is 0. The molecule has 1 aliphatic rings. The van der Waals surface area contributed by atoms with Gasteiger partial charge in [-0.25, -0.2) is 0 Å². The van der Waals surface area contributed by atoms with Crippen LogP contribution in [0, 0.1) is 19.9 Å². The van der Waals surface area contributed by atoms with Crippen molar-refractivity contribution in [3.63, 3.8) is 0 Å². The SMILES string of the molecule is Cc1cccc(C(C2=CC=C[C+]=C2)c2ccccc2)c1C. The van der Waals surface area contributed by atoms with E-state index in [-0.39, 0.29) is 5.92 Å². The molecule has 102 valence electrons. The van der Waals surface area contributed by atoms with Crippen molar-refractivity contribution in [1.82, 2.24) is 0 Å². The molecule has 0 saturated carbocycles. The van der Waals surface area contributed by atoms with Gasteiger partial charge in [-0.2, -0.15) is 0 Å². The first-order chi connectivity index (χ1) is 10.3. The van der Waals surface area contributed by atoms with Gasteiger partial charge in [-0.15, -0.1) is 0 Å². The molecule has 0 N–H and O–H groups in total. The van der Waals surface area contributed by atoms with Gasteiger partial charge in [0, 0.05) is 12.2 Å². The normalized spacial score (nSPS) is 14.5. The molecule has 2 aromatic rings. The summed E-state index contributed by atoms with van der Waals surface area (Å²) in [7, 11) is 0. The fourth-order valence-corrected chi connectivity index (χ4v) is 2.87. The van der Waals surface area contributed by atoms with Gasteiger partial charge in [0.05, 0.1) is 17.6 Å². The average Bonchev–Trinajstić information content (AvgIpc) is 2.54. The van der Waals surface area contributed by atoms with Crippen molar-refractivity contribution in [3.05, 3.63) is 107 Å². The minimum absolute atomic E-state index is 0.267. The molecule has 0 heterocycles. The maximum Gasteiger partial charge on any atom is 0.107 e. The highest BCUT2D eigenvalue weighted by atomic mass is 14.2. The molecular weight excluding hydrogens is 252 g/mol. The Labute approximate surface area is 127 Å². The van der Waals surface area contributed by atoms with E-state index in [9.17, 15) is 0 Å². The first-order valence-electron chi connectivity index (χ1n) is 7.34. The third kappa shape index (κ3) is 2.72. The van der Waals surface area contributed by atoms with Crippen LogP contribution in [0.25, 0.3) is 0 Å². The Kier molecular flexibility index (Phi) is 3.81. The molecule has 0 nitrogen and oxygen atoms in total. The van der Waals surface area contributed by atoms with E-state index in [1.54, 1.807) is 0 Å². The predicted octanol–water partition coefficient (Wildman–Crippen LogP) is 5.29. The summed E-state index contributed by atoms with van der Waals surface area (Å²) >= 11 is 0. The molecule has 1 unspecified atom stereocenters. The van der Waals surface area contributed by atoms with Crippen molar-refractivity contribution in [2.24, 2.45) is 0 Å². The second kappa shape index (κ2) is 5.91. The standard InChI is InChI=1S/C21H19/c1-16-10-9-15-20(17(16)2)21(18-11-5-3-6-12-18)19-13-7-4-8-14-19/h3-7,9-15,21H,1-2H3/q+1. The van der Waals surface area contributed by atoms with Crippen LogP contribution >= 0.6 is 0 Å². The second-order valence-corrected chi connectivity index (χ2v) is 5.47. The molecule has 0 spiro atoms. The fourth-order valence-electron chi connectivity index (χ4n) is 2.87. The van der Waals surface area contributed by atoms with Crippen LogP contribution in [0.1, 0.15) is 28.2 Å². The average molecular weight is 271 g/mol. The molecule has 0 bridgehead atoms. The molecule has 1 atom stereocenters. The minimum Gasteiger partial charge on any atom is -0.0622 e. The Morgan fingerprint density at radius 3 is 2.43 bits per heavy atom. The van der Waals surface area contributed by atoms with E-state index in [1.165, 1.54) is 27.8 Å². The molecule has 0 heteroatoms. The highest BCUT2D eigenvalue weighted by Gasteiger charge is 2.24. The lowest BCUT2D eigenvalue weighted by Crippen LogP contribution is -2.07. The summed E-state index contributed by atoms with van der Waals surface area (Å²) in [6.07, 6.45) is 11.5. The molecule has 0 saturated heterocycles. The van der Waals surface area contributed by atoms with Crippen molar-refractivity contribution >= 4 is 0 Å². The van der Waals surface area contributed by atoms with Gasteiger partial charge in [-0.1, -0.05) is 48.5 Å². The molecule has 0 amide bonds. The number of benzene rings is 2. The van der Waals surface area contributed by atoms with Gasteiger partial charge in [0.1, 0.15) is 12.2 Å². The smallest absolute Gasteiger partial charge is 0.0622 e. The van der Waals surface area contributed by atoms with E-state index in [1.807, 2.05) is 6.08 Å². The Balaban J connectivity index is 2.17. The zero-order chi connectivity index (χ0) is 14.7. The Hall–Kier alpha value is -2.43. The summed E-state index contributed by atoms with van der Waals surface area (Å²) in [5, 5.41) is 0. The van der Waals surface area contributed by atoms with E-state index >= 15 is 0 Å². The Bertz CT molecular complexity index is 715. The van der Waals surface area contributed by atoms with Crippen LogP contribution in [0.3, 0.4) is 0 Å². The lowest BCUT2D eigenvalue weighted by Gasteiger charge is -2.19. The van der Waals surface area contributed by atoms with Crippen LogP contribution in [-0.2, 0) is 0 Å². The van der Waals surface area contributed by atoms with Gasteiger partial charge in [-0.3, -0.25) is 0 Å². The summed E-state index contributed by atoms with van der Waals surface area (Å²) in [5.41, 5.74) is 6.70. The van der Waals surface area contributed by atoms with Crippen LogP contribution in [0.15, 0.2) is 78.4 Å². The number of hydrogen-bond donors (Lipinski definition) is 0. The van der Waals surface area contributed by atoms with E-state index < -0.39 is 0 Å². The summed E-state index contributed by atoms with van der Waals surface area (Å²) < 4.78 is 0. The second-order valence-electron chi connectivity index (χ2n) is 5.47. The Morgan fingerprint density at radius 1 is 0.905 bits per heavy atom. The fraction of sp³-hybridized carbons (Fsp3) is 0.143. The van der Waals surface area contributed by atoms with Crippen molar-refractivity contribution < 1.29 is 0 Å². The maximum atomic E-state index is 3.22. The monoisotopic (exact) mass is 271 g/mol. The molecule has 0 fully saturated rings. The van der Waals surface area contributed by atoms with Crippen LogP contribution < -0.4 is 0 Å². The highest BCUT2D eigenvalue weighted by Crippen LogP contribution is 2.35. The van der Waals surface area contributed by atoms with Crippen LogP contribution in [0.5, 0.6) is 0 Å². The molecule has 0 aromatic heterocycles. The third-order valence-electron chi connectivity index (χ3n) is 4.15. The zero-order valence-electron chi connectivity index (χ0n) is 12.5. The Morgan fingerprint density at radius 2 is 1.71 bits per heavy atom. The highest BCUT2D eigenvalue weighted by molar-refractivity contribution is 5.51. The topological polar surface area (TPSA) is 0 Å². The summed E-state index contributed by atoms with van der Waals surface area (Å²) in [6.45, 7) is 4.39. The van der Waals surface area contributed by atoms with Crippen LogP contribution in [0.4, 0.5) is 0 Å². The van der Waals surface area contributed by atoms with Crippen molar-refractivity contribution in [2.75, 3.05) is 0 Å². The lowest BCUT2D eigenvalue weighted by molar-refractivity contribution is 0.955. The molecular formula is C21H19+. The molecule has 2 aromatic carbocycles. The number of allylic oxidation sites excluding steroid dienone is 6. The predicted molar refractivity (Wildman–Crippen MR) is 89.2 cm³/mol. The van der Waals surface area contributed by atoms with E-state index in [4.69, 9.17) is 0 Å².